The molecule has 0 radical (unpaired) electrons. The smallest absolute Gasteiger partial charge is 0.338 e. The number of nitrogens with one attached hydrogen (secondary N) is 1. The Morgan fingerprint density at radius 2 is 1.93 bits per heavy atom. The minimum atomic E-state index is -1.04. The van der Waals surface area contributed by atoms with E-state index in [-0.39, 0.29) is 5.56 Å². The molecule has 9 heteroatoms. The predicted octanol–water partition coefficient (Wildman–Crippen LogP) is 3.05. The lowest BCUT2D eigenvalue weighted by molar-refractivity contribution is -0.119. The molecule has 0 saturated carbocycles. The van der Waals surface area contributed by atoms with E-state index < -0.39 is 36.0 Å². The third-order valence-corrected chi connectivity index (χ3v) is 5.61. The summed E-state index contributed by atoms with van der Waals surface area (Å²) in [6.45, 7) is 1.44. The Bertz CT molecular complexity index is 937. The minimum Gasteiger partial charge on any atom is -0.452 e. The second-order valence-corrected chi connectivity index (χ2v) is 7.81. The van der Waals surface area contributed by atoms with Crippen molar-refractivity contribution in [2.75, 3.05) is 11.9 Å². The number of fused-ring (bicyclic) bond motifs is 1. The number of hydrogen-bond donors (Lipinski definition) is 2. The third kappa shape index (κ3) is 4.36. The van der Waals surface area contributed by atoms with Crippen molar-refractivity contribution < 1.29 is 27.9 Å². The first-order valence-electron chi connectivity index (χ1n) is 8.62. The summed E-state index contributed by atoms with van der Waals surface area (Å²) in [5.74, 6) is -3.73. The van der Waals surface area contributed by atoms with E-state index in [0.717, 1.165) is 35.4 Å². The van der Waals surface area contributed by atoms with Gasteiger partial charge in [-0.3, -0.25) is 9.59 Å². The number of thiophene rings is 1. The van der Waals surface area contributed by atoms with Crippen molar-refractivity contribution in [1.29, 1.82) is 0 Å². The molecule has 1 aliphatic carbocycles. The van der Waals surface area contributed by atoms with Gasteiger partial charge in [-0.05, 0) is 42.9 Å². The van der Waals surface area contributed by atoms with Crippen LogP contribution in [0.5, 0.6) is 0 Å². The number of primary amides is 1. The highest BCUT2D eigenvalue weighted by Gasteiger charge is 2.27. The quantitative estimate of drug-likeness (QED) is 0.743. The molecule has 0 bridgehead atoms. The van der Waals surface area contributed by atoms with E-state index in [4.69, 9.17) is 10.5 Å². The Hall–Kier alpha value is -2.81. The Kier molecular flexibility index (Phi) is 5.73. The molecule has 2 amide bonds. The van der Waals surface area contributed by atoms with E-state index in [1.165, 1.54) is 11.3 Å². The number of amides is 2. The lowest BCUT2D eigenvalue weighted by Crippen LogP contribution is -2.23. The van der Waals surface area contributed by atoms with Crippen molar-refractivity contribution in [2.45, 2.75) is 26.2 Å². The zero-order valence-corrected chi connectivity index (χ0v) is 15.8. The van der Waals surface area contributed by atoms with Gasteiger partial charge in [0.2, 0.25) is 0 Å². The second kappa shape index (κ2) is 8.05. The maximum Gasteiger partial charge on any atom is 0.338 e. The van der Waals surface area contributed by atoms with Crippen molar-refractivity contribution in [2.24, 2.45) is 11.7 Å². The fourth-order valence-electron chi connectivity index (χ4n) is 3.15. The van der Waals surface area contributed by atoms with Crippen LogP contribution >= 0.6 is 11.3 Å². The zero-order valence-electron chi connectivity index (χ0n) is 15.0. The van der Waals surface area contributed by atoms with E-state index >= 15 is 0 Å². The molecule has 2 aromatic rings. The molecule has 148 valence electrons. The summed E-state index contributed by atoms with van der Waals surface area (Å²) in [6, 6.07) is 2.24. The molecule has 1 atom stereocenters. The highest BCUT2D eigenvalue weighted by molar-refractivity contribution is 7.17. The van der Waals surface area contributed by atoms with Gasteiger partial charge in [-0.2, -0.15) is 0 Å². The lowest BCUT2D eigenvalue weighted by atomic mass is 9.88. The van der Waals surface area contributed by atoms with Gasteiger partial charge in [0.15, 0.2) is 6.61 Å². The number of halogens is 2. The van der Waals surface area contributed by atoms with Crippen molar-refractivity contribution >= 4 is 34.1 Å². The van der Waals surface area contributed by atoms with Crippen LogP contribution < -0.4 is 11.1 Å². The third-order valence-electron chi connectivity index (χ3n) is 4.44. The Morgan fingerprint density at radius 1 is 1.25 bits per heavy atom. The number of carbonyl (C=O) groups excluding carboxylic acids is 3. The van der Waals surface area contributed by atoms with Gasteiger partial charge in [-0.25, -0.2) is 13.6 Å². The molecule has 1 aromatic carbocycles. The minimum absolute atomic E-state index is 0.291. The molecule has 1 aromatic heterocycles. The average molecular weight is 408 g/mol. The van der Waals surface area contributed by atoms with Crippen LogP contribution in [0.4, 0.5) is 13.8 Å². The van der Waals surface area contributed by atoms with Crippen molar-refractivity contribution in [3.8, 4) is 0 Å². The van der Waals surface area contributed by atoms with Crippen molar-refractivity contribution in [1.82, 2.24) is 0 Å². The van der Waals surface area contributed by atoms with Crippen LogP contribution in [-0.4, -0.2) is 24.4 Å². The highest BCUT2D eigenvalue weighted by atomic mass is 32.1. The van der Waals surface area contributed by atoms with Gasteiger partial charge in [-0.15, -0.1) is 11.3 Å². The monoisotopic (exact) mass is 408 g/mol. The molecule has 0 aliphatic heterocycles. The number of nitrogens with two attached hydrogens (primary N) is 1. The standard InChI is InChI=1S/C19H18F2N2O4S/c1-9-2-3-13-14(4-9)28-18(16(13)17(22)25)23-15(24)8-27-19(26)10-5-11(20)7-12(21)6-10/h5-7,9H,2-4,8H2,1H3,(H2,22,25)(H,23,24)/t9-/m1/s1. The molecule has 0 saturated heterocycles. The van der Waals surface area contributed by atoms with Gasteiger partial charge < -0.3 is 15.8 Å². The SMILES string of the molecule is C[C@@H]1CCc2c(sc(NC(=O)COC(=O)c3cc(F)cc(F)c3)c2C(N)=O)C1. The molecule has 0 unspecified atom stereocenters. The molecular weight excluding hydrogens is 390 g/mol. The van der Waals surface area contributed by atoms with Gasteiger partial charge in [0.05, 0.1) is 11.1 Å². The summed E-state index contributed by atoms with van der Waals surface area (Å²) in [7, 11) is 0. The number of benzene rings is 1. The Morgan fingerprint density at radius 3 is 2.57 bits per heavy atom. The van der Waals surface area contributed by atoms with Crippen LogP contribution in [0.25, 0.3) is 0 Å². The maximum atomic E-state index is 13.2. The van der Waals surface area contributed by atoms with Gasteiger partial charge in [0.1, 0.15) is 16.6 Å². The predicted molar refractivity (Wildman–Crippen MR) is 99.3 cm³/mol. The molecule has 0 fully saturated rings. The number of rotatable bonds is 5. The van der Waals surface area contributed by atoms with E-state index in [1.54, 1.807) is 0 Å². The second-order valence-electron chi connectivity index (χ2n) is 6.70. The number of hydrogen-bond acceptors (Lipinski definition) is 5. The van der Waals surface area contributed by atoms with E-state index in [2.05, 4.69) is 12.2 Å². The summed E-state index contributed by atoms with van der Waals surface area (Å²) < 4.78 is 31.1. The molecule has 6 nitrogen and oxygen atoms in total. The maximum absolute atomic E-state index is 13.2. The average Bonchev–Trinajstić information content (AvgIpc) is 2.95. The molecule has 3 N–H and O–H groups in total. The first-order valence-corrected chi connectivity index (χ1v) is 9.43. The topological polar surface area (TPSA) is 98.5 Å². The normalized spacial score (nSPS) is 15.6. The van der Waals surface area contributed by atoms with Crippen LogP contribution in [0.3, 0.4) is 0 Å². The summed E-state index contributed by atoms with van der Waals surface area (Å²) in [6.07, 6.45) is 2.44. The Labute approximate surface area is 163 Å². The van der Waals surface area contributed by atoms with Gasteiger partial charge in [-0.1, -0.05) is 6.92 Å². The van der Waals surface area contributed by atoms with Crippen LogP contribution in [-0.2, 0) is 22.4 Å². The zero-order chi connectivity index (χ0) is 20.4. The summed E-state index contributed by atoms with van der Waals surface area (Å²) in [5, 5.41) is 2.87. The molecule has 0 spiro atoms. The van der Waals surface area contributed by atoms with Crippen LogP contribution in [0.2, 0.25) is 0 Å². The van der Waals surface area contributed by atoms with Crippen LogP contribution in [0.1, 0.15) is 44.5 Å². The molecule has 1 heterocycles. The summed E-state index contributed by atoms with van der Waals surface area (Å²) >= 11 is 1.28. The fraction of sp³-hybridized carbons (Fsp3) is 0.316. The van der Waals surface area contributed by atoms with E-state index in [1.807, 2.05) is 0 Å². The van der Waals surface area contributed by atoms with E-state index in [0.29, 0.717) is 29.0 Å². The van der Waals surface area contributed by atoms with E-state index in [9.17, 15) is 23.2 Å². The molecule has 3 rings (SSSR count). The molecular formula is C19H18F2N2O4S. The van der Waals surface area contributed by atoms with Crippen molar-refractivity contribution in [3.05, 3.63) is 51.4 Å². The molecule has 28 heavy (non-hydrogen) atoms. The summed E-state index contributed by atoms with van der Waals surface area (Å²) in [4.78, 5) is 36.9. The molecule has 1 aliphatic rings. The Balaban J connectivity index is 1.68. The van der Waals surface area contributed by atoms with Gasteiger partial charge in [0, 0.05) is 10.9 Å². The first-order chi connectivity index (χ1) is 13.2. The largest absolute Gasteiger partial charge is 0.452 e. The number of ether oxygens (including phenoxy) is 1. The highest BCUT2D eigenvalue weighted by Crippen LogP contribution is 2.39. The summed E-state index contributed by atoms with van der Waals surface area (Å²) in [5.41, 5.74) is 6.29. The lowest BCUT2D eigenvalue weighted by Gasteiger charge is -2.18. The number of esters is 1. The number of carbonyl (C=O) groups is 3. The number of anilines is 1. The van der Waals surface area contributed by atoms with Crippen LogP contribution in [0.15, 0.2) is 18.2 Å². The van der Waals surface area contributed by atoms with Gasteiger partial charge in [0.25, 0.3) is 11.8 Å². The first kappa shape index (κ1) is 19.9. The fourth-order valence-corrected chi connectivity index (χ4v) is 4.58. The van der Waals surface area contributed by atoms with Crippen LogP contribution in [0, 0.1) is 17.6 Å². The van der Waals surface area contributed by atoms with Gasteiger partial charge >= 0.3 is 5.97 Å². The van der Waals surface area contributed by atoms with Crippen molar-refractivity contribution in [3.63, 3.8) is 0 Å².